The smallest absolute Gasteiger partial charge is 0.289 e. The first-order valence-electron chi connectivity index (χ1n) is 6.65. The molecule has 2 aromatic carbocycles. The molecule has 0 aliphatic carbocycles. The van der Waals surface area contributed by atoms with Crippen molar-refractivity contribution < 1.29 is 31.1 Å². The number of hydrogen-bond donors (Lipinski definition) is 0. The molecule has 0 N–H and O–H groups in total. The summed E-state index contributed by atoms with van der Waals surface area (Å²) in [6.07, 6.45) is -7.82. The fourth-order valence-corrected chi connectivity index (χ4v) is 2.00. The maximum absolute atomic E-state index is 13.0. The van der Waals surface area contributed by atoms with Gasteiger partial charge in [0.1, 0.15) is 0 Å². The van der Waals surface area contributed by atoms with Crippen LogP contribution in [0.4, 0.5) is 26.3 Å². The summed E-state index contributed by atoms with van der Waals surface area (Å²) in [6, 6.07) is 9.26. The van der Waals surface area contributed by atoms with Gasteiger partial charge in [-0.1, -0.05) is 36.4 Å². The van der Waals surface area contributed by atoms with Gasteiger partial charge in [-0.2, -0.15) is 26.3 Å². The topological polar surface area (TPSA) is 17.1 Å². The van der Waals surface area contributed by atoms with E-state index in [1.165, 1.54) is 6.08 Å². The van der Waals surface area contributed by atoms with E-state index in [0.29, 0.717) is 17.7 Å². The van der Waals surface area contributed by atoms with Gasteiger partial charge in [0.25, 0.3) is 0 Å². The van der Waals surface area contributed by atoms with Gasteiger partial charge in [0, 0.05) is 5.56 Å². The molecule has 24 heavy (non-hydrogen) atoms. The highest BCUT2D eigenvalue weighted by Gasteiger charge is 2.39. The van der Waals surface area contributed by atoms with Crippen molar-refractivity contribution in [1.29, 1.82) is 0 Å². The molecule has 0 aliphatic heterocycles. The first-order chi connectivity index (χ1) is 11.1. The highest BCUT2D eigenvalue weighted by atomic mass is 19.4. The van der Waals surface area contributed by atoms with Gasteiger partial charge in [-0.3, -0.25) is 4.79 Å². The normalized spacial score (nSPS) is 12.6. The lowest BCUT2D eigenvalue weighted by Gasteiger charge is -2.14. The number of carbonyl (C=O) groups excluding carboxylic acids is 1. The molecule has 0 amide bonds. The first kappa shape index (κ1) is 17.8. The Labute approximate surface area is 133 Å². The molecule has 7 heteroatoms. The van der Waals surface area contributed by atoms with E-state index in [9.17, 15) is 31.1 Å². The van der Waals surface area contributed by atoms with Crippen molar-refractivity contribution in [2.45, 2.75) is 12.4 Å². The number of hydrogen-bond acceptors (Lipinski definition) is 1. The Balaban J connectivity index is 2.42. The van der Waals surface area contributed by atoms with Crippen LogP contribution in [0.2, 0.25) is 0 Å². The van der Waals surface area contributed by atoms with E-state index in [-0.39, 0.29) is 6.07 Å². The average molecular weight is 344 g/mol. The fraction of sp³-hybridized carbons (Fsp3) is 0.118. The molecule has 126 valence electrons. The van der Waals surface area contributed by atoms with Crippen molar-refractivity contribution in [3.63, 3.8) is 0 Å². The van der Waals surface area contributed by atoms with Crippen molar-refractivity contribution in [1.82, 2.24) is 0 Å². The molecule has 0 aromatic heterocycles. The molecule has 1 nitrogen and oxygen atoms in total. The van der Waals surface area contributed by atoms with E-state index in [1.54, 1.807) is 30.3 Å². The third-order valence-corrected chi connectivity index (χ3v) is 3.14. The molecule has 0 heterocycles. The number of carbonyl (C=O) groups is 1. The number of halogens is 6. The van der Waals surface area contributed by atoms with Gasteiger partial charge in [-0.05, 0) is 29.8 Å². The Morgan fingerprint density at radius 1 is 0.833 bits per heavy atom. The van der Waals surface area contributed by atoms with Crippen LogP contribution in [0.3, 0.4) is 0 Å². The third-order valence-electron chi connectivity index (χ3n) is 3.14. The van der Waals surface area contributed by atoms with Crippen LogP contribution in [-0.2, 0) is 12.4 Å². The van der Waals surface area contributed by atoms with Crippen molar-refractivity contribution in [3.8, 4) is 0 Å². The molecule has 2 aromatic rings. The molecule has 0 fully saturated rings. The minimum atomic E-state index is -5.08. The van der Waals surface area contributed by atoms with Crippen LogP contribution in [-0.4, -0.2) is 5.78 Å². The Morgan fingerprint density at radius 2 is 1.46 bits per heavy atom. The summed E-state index contributed by atoms with van der Waals surface area (Å²) in [4.78, 5) is 12.0. The lowest BCUT2D eigenvalue weighted by molar-refractivity contribution is -0.143. The van der Waals surface area contributed by atoms with Crippen molar-refractivity contribution in [3.05, 3.63) is 76.9 Å². The predicted molar refractivity (Wildman–Crippen MR) is 76.3 cm³/mol. The van der Waals surface area contributed by atoms with E-state index in [4.69, 9.17) is 0 Å². The molecular weight excluding hydrogens is 334 g/mol. The molecule has 0 bridgehead atoms. The van der Waals surface area contributed by atoms with E-state index in [1.807, 2.05) is 0 Å². The summed E-state index contributed by atoms with van der Waals surface area (Å²) >= 11 is 0. The molecule has 0 saturated carbocycles. The van der Waals surface area contributed by atoms with Gasteiger partial charge in [-0.15, -0.1) is 0 Å². The van der Waals surface area contributed by atoms with Crippen molar-refractivity contribution >= 4 is 11.9 Å². The Bertz CT molecular complexity index is 757. The molecule has 0 saturated heterocycles. The Morgan fingerprint density at radius 3 is 2.00 bits per heavy atom. The second-order valence-electron chi connectivity index (χ2n) is 4.86. The third kappa shape index (κ3) is 4.24. The molecule has 0 spiro atoms. The highest BCUT2D eigenvalue weighted by molar-refractivity contribution is 6.08. The second kappa shape index (κ2) is 6.51. The fourth-order valence-electron chi connectivity index (χ4n) is 2.00. The van der Waals surface area contributed by atoms with Gasteiger partial charge >= 0.3 is 12.4 Å². The SMILES string of the molecule is O=C(C=Cc1ccccc1)c1ccc(C(F)(F)F)cc1C(F)(F)F. The Kier molecular flexibility index (Phi) is 4.82. The number of rotatable bonds is 3. The first-order valence-corrected chi connectivity index (χ1v) is 6.65. The van der Waals surface area contributed by atoms with E-state index in [2.05, 4.69) is 0 Å². The van der Waals surface area contributed by atoms with Gasteiger partial charge in [0.2, 0.25) is 0 Å². The van der Waals surface area contributed by atoms with Gasteiger partial charge in [0.15, 0.2) is 5.78 Å². The van der Waals surface area contributed by atoms with E-state index in [0.717, 1.165) is 6.08 Å². The maximum atomic E-state index is 13.0. The van der Waals surface area contributed by atoms with Gasteiger partial charge in [0.05, 0.1) is 11.1 Å². The van der Waals surface area contributed by atoms with Crippen LogP contribution in [0.1, 0.15) is 27.0 Å². The summed E-state index contributed by atoms with van der Waals surface area (Å²) in [5.74, 6) is -1.03. The number of ketones is 1. The number of allylic oxidation sites excluding steroid dienone is 1. The largest absolute Gasteiger partial charge is 0.417 e. The summed E-state index contributed by atoms with van der Waals surface area (Å²) in [7, 11) is 0. The standard InChI is InChI=1S/C17H10F6O/c18-16(19,20)12-7-8-13(14(10-12)17(21,22)23)15(24)9-6-11-4-2-1-3-5-11/h1-10H. The lowest BCUT2D eigenvalue weighted by atomic mass is 9.99. The molecular formula is C17H10F6O. The van der Waals surface area contributed by atoms with Gasteiger partial charge < -0.3 is 0 Å². The van der Waals surface area contributed by atoms with E-state index < -0.39 is 34.8 Å². The molecule has 0 atom stereocenters. The van der Waals surface area contributed by atoms with Crippen LogP contribution >= 0.6 is 0 Å². The Hall–Kier alpha value is -2.57. The minimum Gasteiger partial charge on any atom is -0.289 e. The molecule has 0 radical (unpaired) electrons. The van der Waals surface area contributed by atoms with Gasteiger partial charge in [-0.25, -0.2) is 0 Å². The summed E-state index contributed by atoms with van der Waals surface area (Å²) in [5.41, 5.74) is -3.33. The number of benzene rings is 2. The molecule has 0 aliphatic rings. The highest BCUT2D eigenvalue weighted by Crippen LogP contribution is 2.37. The van der Waals surface area contributed by atoms with Crippen LogP contribution in [0.15, 0.2) is 54.6 Å². The van der Waals surface area contributed by atoms with Crippen molar-refractivity contribution in [2.75, 3.05) is 0 Å². The zero-order valence-corrected chi connectivity index (χ0v) is 11.9. The zero-order valence-electron chi connectivity index (χ0n) is 11.9. The monoisotopic (exact) mass is 344 g/mol. The average Bonchev–Trinajstić information content (AvgIpc) is 2.51. The molecule has 0 unspecified atom stereocenters. The van der Waals surface area contributed by atoms with Crippen LogP contribution in [0.25, 0.3) is 6.08 Å². The van der Waals surface area contributed by atoms with Crippen LogP contribution in [0.5, 0.6) is 0 Å². The predicted octanol–water partition coefficient (Wildman–Crippen LogP) is 5.62. The quantitative estimate of drug-likeness (QED) is 0.401. The zero-order chi connectivity index (χ0) is 18.0. The number of alkyl halides is 6. The summed E-state index contributed by atoms with van der Waals surface area (Å²) in [6.45, 7) is 0. The van der Waals surface area contributed by atoms with Crippen LogP contribution in [0, 0.1) is 0 Å². The van der Waals surface area contributed by atoms with Crippen molar-refractivity contribution in [2.24, 2.45) is 0 Å². The van der Waals surface area contributed by atoms with Crippen LogP contribution < -0.4 is 0 Å². The summed E-state index contributed by atoms with van der Waals surface area (Å²) in [5, 5.41) is 0. The second-order valence-corrected chi connectivity index (χ2v) is 4.86. The lowest BCUT2D eigenvalue weighted by Crippen LogP contribution is -2.15. The van der Waals surface area contributed by atoms with E-state index >= 15 is 0 Å². The minimum absolute atomic E-state index is 0.0520. The summed E-state index contributed by atoms with van der Waals surface area (Å²) < 4.78 is 76.8. The maximum Gasteiger partial charge on any atom is 0.417 e. The molecule has 2 rings (SSSR count).